The van der Waals surface area contributed by atoms with Crippen molar-refractivity contribution in [3.8, 4) is 5.75 Å². The molecule has 1 aliphatic carbocycles. The summed E-state index contributed by atoms with van der Waals surface area (Å²) in [6.07, 6.45) is 7.92. The molecule has 2 heterocycles. The van der Waals surface area contributed by atoms with Gasteiger partial charge in [0.1, 0.15) is 5.75 Å². The molecule has 150 valence electrons. The van der Waals surface area contributed by atoms with Crippen molar-refractivity contribution < 1.29 is 9.53 Å². The van der Waals surface area contributed by atoms with Crippen LogP contribution >= 0.6 is 0 Å². The summed E-state index contributed by atoms with van der Waals surface area (Å²) in [7, 11) is 0. The average Bonchev–Trinajstić information content (AvgIpc) is 3.45. The van der Waals surface area contributed by atoms with Crippen molar-refractivity contribution in [3.05, 3.63) is 71.3 Å². The number of carbonyl (C=O) groups is 1. The van der Waals surface area contributed by atoms with Crippen molar-refractivity contribution in [2.75, 3.05) is 25.0 Å². The van der Waals surface area contributed by atoms with E-state index in [-0.39, 0.29) is 11.9 Å². The van der Waals surface area contributed by atoms with E-state index in [1.54, 1.807) is 0 Å². The topological polar surface area (TPSA) is 41.6 Å². The third-order valence-corrected chi connectivity index (χ3v) is 6.55. The zero-order valence-electron chi connectivity index (χ0n) is 16.9. The fourth-order valence-corrected chi connectivity index (χ4v) is 5.10. The van der Waals surface area contributed by atoms with Crippen LogP contribution in [0.2, 0.25) is 0 Å². The van der Waals surface area contributed by atoms with E-state index in [1.807, 2.05) is 17.9 Å². The maximum Gasteiger partial charge on any atom is 0.253 e. The number of ether oxygens (including phenoxy) is 1. The van der Waals surface area contributed by atoms with E-state index in [1.165, 1.54) is 11.1 Å². The molecule has 29 heavy (non-hydrogen) atoms. The summed E-state index contributed by atoms with van der Waals surface area (Å²) in [6, 6.07) is 14.9. The van der Waals surface area contributed by atoms with E-state index in [0.717, 1.165) is 49.4 Å². The summed E-state index contributed by atoms with van der Waals surface area (Å²) >= 11 is 0. The van der Waals surface area contributed by atoms with Gasteiger partial charge in [-0.25, -0.2) is 0 Å². The van der Waals surface area contributed by atoms with Crippen LogP contribution in [0.4, 0.5) is 5.69 Å². The lowest BCUT2D eigenvalue weighted by Crippen LogP contribution is -2.30. The summed E-state index contributed by atoms with van der Waals surface area (Å²) in [5, 5.41) is 3.77. The molecule has 1 amide bonds. The van der Waals surface area contributed by atoms with Gasteiger partial charge < -0.3 is 15.0 Å². The Morgan fingerprint density at radius 3 is 2.69 bits per heavy atom. The van der Waals surface area contributed by atoms with Crippen molar-refractivity contribution in [1.29, 1.82) is 0 Å². The number of rotatable bonds is 4. The van der Waals surface area contributed by atoms with E-state index >= 15 is 0 Å². The molecule has 0 aromatic heterocycles. The molecule has 3 unspecified atom stereocenters. The van der Waals surface area contributed by atoms with Gasteiger partial charge in [-0.05, 0) is 73.6 Å². The summed E-state index contributed by atoms with van der Waals surface area (Å²) < 4.78 is 5.60. The van der Waals surface area contributed by atoms with Gasteiger partial charge in [0.05, 0.1) is 12.6 Å². The number of hydrogen-bond acceptors (Lipinski definition) is 3. The third-order valence-electron chi connectivity index (χ3n) is 6.55. The molecule has 3 aliphatic rings. The van der Waals surface area contributed by atoms with Crippen LogP contribution in [0.1, 0.15) is 59.6 Å². The number of likely N-dealkylation sites (tertiary alicyclic amines) is 1. The summed E-state index contributed by atoms with van der Waals surface area (Å²) in [5.74, 6) is 1.92. The molecule has 2 aliphatic heterocycles. The number of allylic oxidation sites excluding steroid dienone is 2. The van der Waals surface area contributed by atoms with E-state index in [9.17, 15) is 4.79 Å². The Morgan fingerprint density at radius 1 is 1.14 bits per heavy atom. The number of nitrogens with one attached hydrogen (secondary N) is 1. The second-order valence-electron chi connectivity index (χ2n) is 8.28. The number of fused-ring (bicyclic) bond motifs is 3. The molecule has 0 bridgehead atoms. The average molecular weight is 389 g/mol. The monoisotopic (exact) mass is 388 g/mol. The first-order valence-electron chi connectivity index (χ1n) is 10.8. The Labute approximate surface area is 172 Å². The van der Waals surface area contributed by atoms with Gasteiger partial charge in [0.15, 0.2) is 0 Å². The maximum atomic E-state index is 12.9. The van der Waals surface area contributed by atoms with Crippen molar-refractivity contribution in [2.24, 2.45) is 5.92 Å². The summed E-state index contributed by atoms with van der Waals surface area (Å²) in [5.41, 5.74) is 4.52. The molecule has 0 spiro atoms. The highest BCUT2D eigenvalue weighted by Crippen LogP contribution is 2.50. The molecule has 3 atom stereocenters. The number of nitrogens with zero attached hydrogens (tertiary/aromatic N) is 1. The fraction of sp³-hybridized carbons (Fsp3) is 0.400. The fourth-order valence-electron chi connectivity index (χ4n) is 5.10. The van der Waals surface area contributed by atoms with Crippen LogP contribution in [0.25, 0.3) is 0 Å². The molecular weight excluding hydrogens is 360 g/mol. The maximum absolute atomic E-state index is 12.9. The van der Waals surface area contributed by atoms with Crippen LogP contribution in [0.3, 0.4) is 0 Å². The lowest BCUT2D eigenvalue weighted by atomic mass is 9.76. The van der Waals surface area contributed by atoms with Crippen LogP contribution < -0.4 is 10.1 Å². The van der Waals surface area contributed by atoms with Gasteiger partial charge in [-0.2, -0.15) is 0 Å². The van der Waals surface area contributed by atoms with Gasteiger partial charge in [-0.15, -0.1) is 0 Å². The zero-order valence-corrected chi connectivity index (χ0v) is 16.9. The Morgan fingerprint density at radius 2 is 1.93 bits per heavy atom. The lowest BCUT2D eigenvalue weighted by Gasteiger charge is -2.38. The van der Waals surface area contributed by atoms with E-state index < -0.39 is 0 Å². The second-order valence-corrected chi connectivity index (χ2v) is 8.28. The highest BCUT2D eigenvalue weighted by molar-refractivity contribution is 5.95. The zero-order chi connectivity index (χ0) is 19.8. The Kier molecular flexibility index (Phi) is 4.78. The number of anilines is 1. The predicted molar refractivity (Wildman–Crippen MR) is 116 cm³/mol. The van der Waals surface area contributed by atoms with Gasteiger partial charge in [0.25, 0.3) is 5.91 Å². The van der Waals surface area contributed by atoms with Crippen LogP contribution in [0.5, 0.6) is 5.75 Å². The van der Waals surface area contributed by atoms with Crippen LogP contribution in [0.15, 0.2) is 54.6 Å². The number of carbonyl (C=O) groups excluding carboxylic acids is 1. The Bertz CT molecular complexity index is 928. The van der Waals surface area contributed by atoms with E-state index in [4.69, 9.17) is 4.74 Å². The largest absolute Gasteiger partial charge is 0.494 e. The molecule has 1 fully saturated rings. The molecule has 2 aromatic carbocycles. The van der Waals surface area contributed by atoms with Gasteiger partial charge in [-0.1, -0.05) is 24.3 Å². The minimum Gasteiger partial charge on any atom is -0.494 e. The number of benzene rings is 2. The Balaban J connectivity index is 1.44. The first kappa shape index (κ1) is 18.3. The molecule has 4 nitrogen and oxygen atoms in total. The lowest BCUT2D eigenvalue weighted by molar-refractivity contribution is 0.0792. The summed E-state index contributed by atoms with van der Waals surface area (Å²) in [4.78, 5) is 14.9. The SMILES string of the molecule is CCOc1ccc(C2Nc3ccc(C(=O)N4CCCC4)cc3C3C=CCC32)cc1. The first-order valence-corrected chi connectivity index (χ1v) is 10.8. The molecule has 0 saturated carbocycles. The molecule has 1 N–H and O–H groups in total. The van der Waals surface area contributed by atoms with Gasteiger partial charge in [0.2, 0.25) is 0 Å². The summed E-state index contributed by atoms with van der Waals surface area (Å²) in [6.45, 7) is 4.46. The van der Waals surface area contributed by atoms with Crippen LogP contribution in [-0.2, 0) is 0 Å². The number of amides is 1. The highest BCUT2D eigenvalue weighted by atomic mass is 16.5. The van der Waals surface area contributed by atoms with Crippen molar-refractivity contribution >= 4 is 11.6 Å². The van der Waals surface area contributed by atoms with Crippen molar-refractivity contribution in [1.82, 2.24) is 4.90 Å². The van der Waals surface area contributed by atoms with Crippen molar-refractivity contribution in [2.45, 2.75) is 38.1 Å². The smallest absolute Gasteiger partial charge is 0.253 e. The standard InChI is InChI=1S/C25H28N2O2/c1-2-29-19-11-8-17(9-12-19)24-21-7-5-6-20(21)22-16-18(10-13-23(22)26-24)25(28)27-14-3-4-15-27/h5-6,8-13,16,20-21,24,26H,2-4,7,14-15H2,1H3. The first-order chi connectivity index (χ1) is 14.2. The Hall–Kier alpha value is -2.75. The normalized spacial score (nSPS) is 24.7. The second kappa shape index (κ2) is 7.58. The molecule has 4 heteroatoms. The quantitative estimate of drug-likeness (QED) is 0.737. The van der Waals surface area contributed by atoms with Crippen molar-refractivity contribution in [3.63, 3.8) is 0 Å². The molecule has 2 aromatic rings. The number of hydrogen-bond donors (Lipinski definition) is 1. The minimum absolute atomic E-state index is 0.178. The minimum atomic E-state index is 0.178. The highest BCUT2D eigenvalue weighted by Gasteiger charge is 2.38. The predicted octanol–water partition coefficient (Wildman–Crippen LogP) is 5.15. The molecular formula is C25H28N2O2. The molecule has 1 saturated heterocycles. The third kappa shape index (κ3) is 3.31. The van der Waals surface area contributed by atoms with Crippen LogP contribution in [-0.4, -0.2) is 30.5 Å². The van der Waals surface area contributed by atoms with Gasteiger partial charge in [-0.3, -0.25) is 4.79 Å². The van der Waals surface area contributed by atoms with E-state index in [2.05, 4.69) is 53.9 Å². The van der Waals surface area contributed by atoms with E-state index in [0.29, 0.717) is 18.4 Å². The molecule has 0 radical (unpaired) electrons. The van der Waals surface area contributed by atoms with Gasteiger partial charge in [0, 0.05) is 30.3 Å². The molecule has 5 rings (SSSR count). The van der Waals surface area contributed by atoms with Crippen LogP contribution in [0, 0.1) is 5.92 Å². The van der Waals surface area contributed by atoms with Gasteiger partial charge >= 0.3 is 0 Å².